The number of hydrogen-bond donors (Lipinski definition) is 1. The first kappa shape index (κ1) is 34.7. The lowest BCUT2D eigenvalue weighted by Gasteiger charge is -2.35. The molecule has 0 aliphatic heterocycles. The van der Waals surface area contributed by atoms with Gasteiger partial charge in [0.15, 0.2) is 0 Å². The number of halogens is 2. The van der Waals surface area contributed by atoms with Crippen molar-refractivity contribution in [3.05, 3.63) is 129 Å². The Morgan fingerprint density at radius 1 is 0.872 bits per heavy atom. The van der Waals surface area contributed by atoms with Crippen molar-refractivity contribution in [2.24, 2.45) is 0 Å². The number of rotatable bonds is 12. The Morgan fingerprint density at radius 2 is 1.53 bits per heavy atom. The molecule has 10 heteroatoms. The van der Waals surface area contributed by atoms with Crippen molar-refractivity contribution in [1.29, 1.82) is 0 Å². The summed E-state index contributed by atoms with van der Waals surface area (Å²) in [5, 5.41) is 3.73. The fraction of sp³-hybridized carbons (Fsp3) is 0.297. The normalized spacial score (nSPS) is 14.3. The third kappa shape index (κ3) is 9.24. The van der Waals surface area contributed by atoms with Crippen LogP contribution in [0.1, 0.15) is 48.8 Å². The average Bonchev–Trinajstić information content (AvgIpc) is 3.06. The van der Waals surface area contributed by atoms with Crippen LogP contribution in [-0.2, 0) is 32.6 Å². The van der Waals surface area contributed by atoms with Crippen LogP contribution in [0.4, 0.5) is 5.69 Å². The van der Waals surface area contributed by atoms with E-state index in [1.807, 2.05) is 43.3 Å². The minimum absolute atomic E-state index is 0.0267. The Hall–Kier alpha value is -3.66. The van der Waals surface area contributed by atoms with E-state index < -0.39 is 28.5 Å². The van der Waals surface area contributed by atoms with Crippen LogP contribution in [0.5, 0.6) is 0 Å². The zero-order chi connectivity index (χ0) is 33.4. The Labute approximate surface area is 291 Å². The van der Waals surface area contributed by atoms with Crippen LogP contribution in [0.3, 0.4) is 0 Å². The predicted molar refractivity (Wildman–Crippen MR) is 191 cm³/mol. The second kappa shape index (κ2) is 16.0. The SMILES string of the molecule is Cc1ccc(S(=O)(=O)N(CC(=O)N(Cc2cccc(Cl)c2)C(Cc2ccccc2)C(=O)NC2CCCCC2)c2ccc(Br)cc2)cc1. The van der Waals surface area contributed by atoms with E-state index in [1.54, 1.807) is 66.7 Å². The summed E-state index contributed by atoms with van der Waals surface area (Å²) in [6, 6.07) is 29.2. The van der Waals surface area contributed by atoms with Crippen molar-refractivity contribution in [1.82, 2.24) is 10.2 Å². The van der Waals surface area contributed by atoms with Gasteiger partial charge in [-0.3, -0.25) is 13.9 Å². The Morgan fingerprint density at radius 3 is 2.19 bits per heavy atom. The summed E-state index contributed by atoms with van der Waals surface area (Å²) in [6.07, 6.45) is 5.25. The summed E-state index contributed by atoms with van der Waals surface area (Å²) in [6.45, 7) is 1.43. The average molecular weight is 737 g/mol. The van der Waals surface area contributed by atoms with Gasteiger partial charge in [-0.2, -0.15) is 0 Å². The molecule has 1 atom stereocenters. The summed E-state index contributed by atoms with van der Waals surface area (Å²) in [5.41, 5.74) is 2.86. The van der Waals surface area contributed by atoms with Crippen LogP contribution in [0.25, 0.3) is 0 Å². The third-order valence-corrected chi connectivity index (χ3v) is 11.0. The molecule has 0 bridgehead atoms. The van der Waals surface area contributed by atoms with Gasteiger partial charge in [-0.05, 0) is 79.4 Å². The number of nitrogens with one attached hydrogen (secondary N) is 1. The summed E-state index contributed by atoms with van der Waals surface area (Å²) in [7, 11) is -4.17. The predicted octanol–water partition coefficient (Wildman–Crippen LogP) is 7.70. The number of benzene rings is 4. The highest BCUT2D eigenvalue weighted by Gasteiger charge is 2.35. The largest absolute Gasteiger partial charge is 0.352 e. The molecule has 1 N–H and O–H groups in total. The van der Waals surface area contributed by atoms with E-state index in [9.17, 15) is 18.0 Å². The lowest BCUT2D eigenvalue weighted by atomic mass is 9.94. The molecule has 1 aliphatic carbocycles. The molecule has 0 spiro atoms. The maximum absolute atomic E-state index is 14.6. The molecule has 4 aromatic rings. The summed E-state index contributed by atoms with van der Waals surface area (Å²) >= 11 is 9.77. The van der Waals surface area contributed by atoms with Crippen LogP contribution in [-0.4, -0.2) is 43.8 Å². The molecule has 0 radical (unpaired) electrons. The van der Waals surface area contributed by atoms with Crippen LogP contribution >= 0.6 is 27.5 Å². The number of nitrogens with zero attached hydrogens (tertiary/aromatic N) is 2. The van der Waals surface area contributed by atoms with Crippen molar-refractivity contribution in [2.45, 2.75) is 69.0 Å². The van der Waals surface area contributed by atoms with Crippen LogP contribution in [0, 0.1) is 6.92 Å². The first-order chi connectivity index (χ1) is 22.6. The van der Waals surface area contributed by atoms with Gasteiger partial charge in [0.25, 0.3) is 10.0 Å². The van der Waals surface area contributed by atoms with Gasteiger partial charge < -0.3 is 10.2 Å². The van der Waals surface area contributed by atoms with Crippen molar-refractivity contribution in [3.63, 3.8) is 0 Å². The molecule has 5 rings (SSSR count). The second-order valence-corrected chi connectivity index (χ2v) is 15.2. The molecular weight excluding hydrogens is 698 g/mol. The highest BCUT2D eigenvalue weighted by molar-refractivity contribution is 9.10. The number of aryl methyl sites for hydroxylation is 1. The zero-order valence-corrected chi connectivity index (χ0v) is 29.5. The molecule has 1 saturated carbocycles. The molecule has 1 aliphatic rings. The van der Waals surface area contributed by atoms with Crippen molar-refractivity contribution < 1.29 is 18.0 Å². The number of carbonyl (C=O) groups excluding carboxylic acids is 2. The highest BCUT2D eigenvalue weighted by Crippen LogP contribution is 2.27. The molecule has 1 unspecified atom stereocenters. The van der Waals surface area contributed by atoms with E-state index in [0.29, 0.717) is 10.7 Å². The van der Waals surface area contributed by atoms with Crippen molar-refractivity contribution in [3.8, 4) is 0 Å². The molecule has 4 aromatic carbocycles. The molecule has 0 aromatic heterocycles. The van der Waals surface area contributed by atoms with Gasteiger partial charge in [0.2, 0.25) is 11.8 Å². The molecule has 0 saturated heterocycles. The van der Waals surface area contributed by atoms with Crippen LogP contribution < -0.4 is 9.62 Å². The van der Waals surface area contributed by atoms with E-state index in [1.165, 1.54) is 4.90 Å². The van der Waals surface area contributed by atoms with Crippen molar-refractivity contribution >= 4 is 55.1 Å². The number of hydrogen-bond acceptors (Lipinski definition) is 4. The van der Waals surface area contributed by atoms with Gasteiger partial charge in [-0.15, -0.1) is 0 Å². The first-order valence-corrected chi connectivity index (χ1v) is 18.4. The molecule has 47 heavy (non-hydrogen) atoms. The van der Waals surface area contributed by atoms with Crippen molar-refractivity contribution in [2.75, 3.05) is 10.8 Å². The Kier molecular flexibility index (Phi) is 11.8. The van der Waals surface area contributed by atoms with Gasteiger partial charge in [0, 0.05) is 28.5 Å². The molecule has 7 nitrogen and oxygen atoms in total. The second-order valence-electron chi connectivity index (χ2n) is 12.0. The fourth-order valence-corrected chi connectivity index (χ4v) is 7.80. The van der Waals surface area contributed by atoms with Gasteiger partial charge in [0.05, 0.1) is 10.6 Å². The van der Waals surface area contributed by atoms with Crippen LogP contribution in [0.2, 0.25) is 5.02 Å². The topological polar surface area (TPSA) is 86.8 Å². The number of anilines is 1. The minimum atomic E-state index is -4.17. The Balaban J connectivity index is 1.56. The minimum Gasteiger partial charge on any atom is -0.352 e. The zero-order valence-electron chi connectivity index (χ0n) is 26.3. The first-order valence-electron chi connectivity index (χ1n) is 15.8. The van der Waals surface area contributed by atoms with Gasteiger partial charge in [-0.25, -0.2) is 8.42 Å². The molecule has 0 heterocycles. The van der Waals surface area contributed by atoms with E-state index in [0.717, 1.165) is 57.6 Å². The van der Waals surface area contributed by atoms with Crippen LogP contribution in [0.15, 0.2) is 112 Å². The van der Waals surface area contributed by atoms with Gasteiger partial charge in [0.1, 0.15) is 12.6 Å². The smallest absolute Gasteiger partial charge is 0.264 e. The molecular formula is C37H39BrClN3O4S. The molecule has 1 fully saturated rings. The highest BCUT2D eigenvalue weighted by atomic mass is 79.9. The quantitative estimate of drug-likeness (QED) is 0.162. The van der Waals surface area contributed by atoms with E-state index in [2.05, 4.69) is 21.2 Å². The van der Waals surface area contributed by atoms with Gasteiger partial charge in [-0.1, -0.05) is 107 Å². The van der Waals surface area contributed by atoms with E-state index in [-0.39, 0.29) is 29.8 Å². The molecule has 246 valence electrons. The van der Waals surface area contributed by atoms with E-state index in [4.69, 9.17) is 11.6 Å². The number of sulfonamides is 1. The fourth-order valence-electron chi connectivity index (χ4n) is 5.90. The maximum Gasteiger partial charge on any atom is 0.264 e. The molecule has 2 amide bonds. The summed E-state index contributed by atoms with van der Waals surface area (Å²) < 4.78 is 30.3. The number of amides is 2. The Bertz CT molecular complexity index is 1760. The lowest BCUT2D eigenvalue weighted by molar-refractivity contribution is -0.140. The third-order valence-electron chi connectivity index (χ3n) is 8.47. The summed E-state index contributed by atoms with van der Waals surface area (Å²) in [4.78, 5) is 30.4. The van der Waals surface area contributed by atoms with Gasteiger partial charge >= 0.3 is 0 Å². The standard InChI is InChI=1S/C37H39BrClN3O4S/c1-27-15-21-34(22-16-27)47(45,46)42(33-19-17-30(38)18-20-33)26-36(43)41(25-29-11-8-12-31(39)23-29)35(24-28-9-4-2-5-10-28)37(44)40-32-13-6-3-7-14-32/h2,4-5,8-12,15-23,32,35H,3,6-7,13-14,24-26H2,1H3,(H,40,44). The van der Waals surface area contributed by atoms with E-state index >= 15 is 0 Å². The number of carbonyl (C=O) groups is 2. The maximum atomic E-state index is 14.6. The lowest BCUT2D eigenvalue weighted by Crippen LogP contribution is -2.55. The summed E-state index contributed by atoms with van der Waals surface area (Å²) in [5.74, 6) is -0.768. The monoisotopic (exact) mass is 735 g/mol.